The summed E-state index contributed by atoms with van der Waals surface area (Å²) in [5, 5.41) is 21.6. The second-order valence-corrected chi connectivity index (χ2v) is 11.7. The first-order chi connectivity index (χ1) is 15.7. The van der Waals surface area contributed by atoms with Crippen LogP contribution in [0.5, 0.6) is 0 Å². The highest BCUT2D eigenvalue weighted by Crippen LogP contribution is 2.50. The van der Waals surface area contributed by atoms with Crippen LogP contribution in [0.4, 0.5) is 5.69 Å². The first-order valence-electron chi connectivity index (χ1n) is 12.1. The normalized spacial score (nSPS) is 21.3. The van der Waals surface area contributed by atoms with E-state index in [0.29, 0.717) is 23.3 Å². The van der Waals surface area contributed by atoms with Gasteiger partial charge in [0.1, 0.15) is 0 Å². The van der Waals surface area contributed by atoms with Crippen LogP contribution in [0.25, 0.3) is 0 Å². The van der Waals surface area contributed by atoms with Crippen LogP contribution in [0.15, 0.2) is 47.4 Å². The SMILES string of the molecule is CCCCC1(CCCC)CS(=O)(=O)c2ccc(N(C)C)cc2[C@H](c2ccc(CO)cc2)[C@@H]1O. The van der Waals surface area contributed by atoms with E-state index in [2.05, 4.69) is 13.8 Å². The van der Waals surface area contributed by atoms with Crippen molar-refractivity contribution in [3.05, 3.63) is 59.2 Å². The Hall–Kier alpha value is -1.89. The Morgan fingerprint density at radius 3 is 2.12 bits per heavy atom. The summed E-state index contributed by atoms with van der Waals surface area (Å²) in [5.41, 5.74) is 2.54. The standard InChI is InChI=1S/C27H39NO4S/c1-5-7-15-27(16-8-6-2)19-33(31,32)24-14-13-22(28(3)4)17-23(24)25(26(27)30)21-11-9-20(18-29)10-12-21/h9-14,17,25-26,29-30H,5-8,15-16,18-19H2,1-4H3/t25-,26-/m0/s1. The maximum Gasteiger partial charge on any atom is 0.179 e. The van der Waals surface area contributed by atoms with Gasteiger partial charge in [-0.15, -0.1) is 0 Å². The monoisotopic (exact) mass is 473 g/mol. The quantitative estimate of drug-likeness (QED) is 0.542. The molecule has 182 valence electrons. The molecule has 0 radical (unpaired) electrons. The van der Waals surface area contributed by atoms with Crippen LogP contribution < -0.4 is 4.90 Å². The van der Waals surface area contributed by atoms with Crippen LogP contribution in [-0.2, 0) is 16.4 Å². The minimum absolute atomic E-state index is 0.0271. The van der Waals surface area contributed by atoms with Gasteiger partial charge in [-0.05, 0) is 47.7 Å². The van der Waals surface area contributed by atoms with Crippen molar-refractivity contribution in [1.82, 2.24) is 0 Å². The lowest BCUT2D eigenvalue weighted by atomic mass is 9.68. The van der Waals surface area contributed by atoms with Crippen LogP contribution in [0.1, 0.15) is 75.0 Å². The van der Waals surface area contributed by atoms with Gasteiger partial charge in [-0.2, -0.15) is 0 Å². The molecule has 1 aliphatic heterocycles. The predicted molar refractivity (Wildman–Crippen MR) is 135 cm³/mol. The largest absolute Gasteiger partial charge is 0.392 e. The minimum Gasteiger partial charge on any atom is -0.392 e. The molecule has 1 heterocycles. The third kappa shape index (κ3) is 5.28. The zero-order chi connectivity index (χ0) is 24.2. The summed E-state index contributed by atoms with van der Waals surface area (Å²) in [6.07, 6.45) is 4.21. The van der Waals surface area contributed by atoms with Crippen LogP contribution in [0.2, 0.25) is 0 Å². The van der Waals surface area contributed by atoms with E-state index in [1.54, 1.807) is 6.07 Å². The van der Waals surface area contributed by atoms with E-state index in [-0.39, 0.29) is 12.4 Å². The lowest BCUT2D eigenvalue weighted by Gasteiger charge is -2.40. The van der Waals surface area contributed by atoms with E-state index >= 15 is 0 Å². The lowest BCUT2D eigenvalue weighted by Crippen LogP contribution is -2.43. The van der Waals surface area contributed by atoms with Crippen molar-refractivity contribution in [3.8, 4) is 0 Å². The van der Waals surface area contributed by atoms with E-state index < -0.39 is 27.3 Å². The number of hydrogen-bond acceptors (Lipinski definition) is 5. The van der Waals surface area contributed by atoms with Gasteiger partial charge in [0, 0.05) is 31.1 Å². The van der Waals surface area contributed by atoms with Gasteiger partial charge in [0.15, 0.2) is 9.84 Å². The van der Waals surface area contributed by atoms with Gasteiger partial charge in [-0.3, -0.25) is 0 Å². The van der Waals surface area contributed by atoms with Gasteiger partial charge in [-0.1, -0.05) is 63.8 Å². The average molecular weight is 474 g/mol. The van der Waals surface area contributed by atoms with Crippen molar-refractivity contribution in [1.29, 1.82) is 0 Å². The zero-order valence-corrected chi connectivity index (χ0v) is 21.2. The maximum absolute atomic E-state index is 13.8. The zero-order valence-electron chi connectivity index (χ0n) is 20.4. The molecule has 33 heavy (non-hydrogen) atoms. The highest BCUT2D eigenvalue weighted by molar-refractivity contribution is 7.91. The average Bonchev–Trinajstić information content (AvgIpc) is 2.87. The van der Waals surface area contributed by atoms with Gasteiger partial charge in [0.05, 0.1) is 23.4 Å². The fourth-order valence-electron chi connectivity index (χ4n) is 5.22. The number of hydrogen-bond donors (Lipinski definition) is 2. The summed E-state index contributed by atoms with van der Waals surface area (Å²) in [6.45, 7) is 4.16. The van der Waals surface area contributed by atoms with Gasteiger partial charge in [0.25, 0.3) is 0 Å². The molecule has 3 rings (SSSR count). The van der Waals surface area contributed by atoms with Crippen molar-refractivity contribution in [2.75, 3.05) is 24.7 Å². The number of rotatable bonds is 9. The molecule has 2 aromatic rings. The molecule has 1 aliphatic rings. The number of aliphatic hydroxyl groups is 2. The minimum atomic E-state index is -3.59. The smallest absolute Gasteiger partial charge is 0.179 e. The number of unbranched alkanes of at least 4 members (excludes halogenated alkanes) is 2. The Bertz CT molecular complexity index is 1020. The van der Waals surface area contributed by atoms with Crippen molar-refractivity contribution in [2.45, 2.75) is 75.9 Å². The van der Waals surface area contributed by atoms with Crippen molar-refractivity contribution in [2.24, 2.45) is 5.41 Å². The number of benzene rings is 2. The van der Waals surface area contributed by atoms with Gasteiger partial charge in [-0.25, -0.2) is 8.42 Å². The number of sulfone groups is 1. The van der Waals surface area contributed by atoms with E-state index in [9.17, 15) is 18.6 Å². The Balaban J connectivity index is 2.29. The molecule has 0 spiro atoms. The van der Waals surface area contributed by atoms with Crippen LogP contribution in [-0.4, -0.2) is 44.6 Å². The number of nitrogens with zero attached hydrogens (tertiary/aromatic N) is 1. The second kappa shape index (κ2) is 10.6. The topological polar surface area (TPSA) is 77.8 Å². The number of aliphatic hydroxyl groups excluding tert-OH is 2. The molecular formula is C27H39NO4S. The Kier molecular flexibility index (Phi) is 8.25. The van der Waals surface area contributed by atoms with Crippen LogP contribution in [0, 0.1) is 5.41 Å². The van der Waals surface area contributed by atoms with E-state index in [4.69, 9.17) is 0 Å². The summed E-state index contributed by atoms with van der Waals surface area (Å²) in [6, 6.07) is 13.1. The highest BCUT2D eigenvalue weighted by Gasteiger charge is 2.49. The maximum atomic E-state index is 13.8. The Morgan fingerprint density at radius 2 is 1.61 bits per heavy atom. The first-order valence-corrected chi connectivity index (χ1v) is 13.8. The summed E-state index contributed by atoms with van der Waals surface area (Å²) < 4.78 is 27.6. The molecule has 0 amide bonds. The summed E-state index contributed by atoms with van der Waals surface area (Å²) in [7, 11) is 0.269. The molecule has 0 unspecified atom stereocenters. The fraction of sp³-hybridized carbons (Fsp3) is 0.556. The van der Waals surface area contributed by atoms with E-state index in [1.807, 2.05) is 55.4 Å². The summed E-state index contributed by atoms with van der Waals surface area (Å²) in [4.78, 5) is 2.29. The predicted octanol–water partition coefficient (Wildman–Crippen LogP) is 4.89. The molecule has 2 aromatic carbocycles. The van der Waals surface area contributed by atoms with E-state index in [1.165, 1.54) is 0 Å². The molecule has 0 saturated heterocycles. The highest BCUT2D eigenvalue weighted by atomic mass is 32.2. The molecule has 0 saturated carbocycles. The van der Waals surface area contributed by atoms with Crippen molar-refractivity contribution < 1.29 is 18.6 Å². The molecule has 6 heteroatoms. The molecular weight excluding hydrogens is 434 g/mol. The molecule has 2 atom stereocenters. The van der Waals surface area contributed by atoms with E-state index in [0.717, 1.165) is 42.5 Å². The number of fused-ring (bicyclic) bond motifs is 1. The third-order valence-corrected chi connectivity index (χ3v) is 9.18. The van der Waals surface area contributed by atoms with Gasteiger partial charge in [0.2, 0.25) is 0 Å². The second-order valence-electron chi connectivity index (χ2n) is 9.77. The van der Waals surface area contributed by atoms with Crippen LogP contribution in [0.3, 0.4) is 0 Å². The molecule has 5 nitrogen and oxygen atoms in total. The molecule has 0 aliphatic carbocycles. The first kappa shape index (κ1) is 25.7. The number of anilines is 1. The van der Waals surface area contributed by atoms with Crippen molar-refractivity contribution in [3.63, 3.8) is 0 Å². The Labute approximate surface area is 199 Å². The summed E-state index contributed by atoms with van der Waals surface area (Å²) >= 11 is 0. The Morgan fingerprint density at radius 1 is 1.00 bits per heavy atom. The fourth-order valence-corrected chi connectivity index (χ4v) is 7.41. The van der Waals surface area contributed by atoms with Gasteiger partial charge >= 0.3 is 0 Å². The molecule has 0 fully saturated rings. The summed E-state index contributed by atoms with van der Waals surface area (Å²) in [5.74, 6) is -0.487. The van der Waals surface area contributed by atoms with Crippen molar-refractivity contribution >= 4 is 15.5 Å². The van der Waals surface area contributed by atoms with Gasteiger partial charge < -0.3 is 15.1 Å². The molecule has 0 aromatic heterocycles. The lowest BCUT2D eigenvalue weighted by molar-refractivity contribution is 0.0127. The van der Waals surface area contributed by atoms with Crippen LogP contribution >= 0.6 is 0 Å². The third-order valence-electron chi connectivity index (χ3n) is 7.18. The molecule has 0 bridgehead atoms. The molecule has 2 N–H and O–H groups in total.